The minimum atomic E-state index is 0.569. The van der Waals surface area contributed by atoms with Gasteiger partial charge in [-0.1, -0.05) is 60.7 Å². The molecule has 4 heteroatoms. The Kier molecular flexibility index (Phi) is 5.34. The SMILES string of the molecule is COc1cc2nc(Cc3ccccc3)c(-c3ccccc3)cc2c(OC)c1OC. The highest BCUT2D eigenvalue weighted by Gasteiger charge is 2.19. The van der Waals surface area contributed by atoms with Gasteiger partial charge in [0.2, 0.25) is 5.75 Å². The molecule has 0 fully saturated rings. The molecule has 0 atom stereocenters. The molecule has 4 rings (SSSR count). The van der Waals surface area contributed by atoms with Crippen LogP contribution in [0.3, 0.4) is 0 Å². The topological polar surface area (TPSA) is 40.6 Å². The van der Waals surface area contributed by atoms with Crippen LogP contribution in [0.15, 0.2) is 72.8 Å². The van der Waals surface area contributed by atoms with Crippen LogP contribution in [-0.2, 0) is 6.42 Å². The van der Waals surface area contributed by atoms with Crippen molar-refractivity contribution in [2.45, 2.75) is 6.42 Å². The molecule has 0 amide bonds. The summed E-state index contributed by atoms with van der Waals surface area (Å²) in [6.07, 6.45) is 0.734. The van der Waals surface area contributed by atoms with Crippen LogP contribution in [0.4, 0.5) is 0 Å². The number of pyridine rings is 1. The normalized spacial score (nSPS) is 10.7. The summed E-state index contributed by atoms with van der Waals surface area (Å²) in [5, 5.41) is 0.890. The van der Waals surface area contributed by atoms with Gasteiger partial charge in [0, 0.05) is 23.4 Å². The molecule has 1 aromatic heterocycles. The number of fused-ring (bicyclic) bond motifs is 1. The fourth-order valence-electron chi connectivity index (χ4n) is 3.62. The zero-order chi connectivity index (χ0) is 20.2. The van der Waals surface area contributed by atoms with Crippen molar-refractivity contribution in [3.8, 4) is 28.4 Å². The maximum Gasteiger partial charge on any atom is 0.204 e. The standard InChI is InChI=1S/C25H23NO3/c1-27-23-16-22-20(24(28-2)25(23)29-3)15-19(18-12-8-5-9-13-18)21(26-22)14-17-10-6-4-7-11-17/h4-13,15-16H,14H2,1-3H3. The van der Waals surface area contributed by atoms with E-state index in [1.165, 1.54) is 5.56 Å². The van der Waals surface area contributed by atoms with Gasteiger partial charge in [-0.3, -0.25) is 4.98 Å². The molecule has 0 aliphatic rings. The van der Waals surface area contributed by atoms with Gasteiger partial charge < -0.3 is 14.2 Å². The molecule has 4 nitrogen and oxygen atoms in total. The third kappa shape index (κ3) is 3.61. The summed E-state index contributed by atoms with van der Waals surface area (Å²) in [6, 6.07) is 24.7. The minimum Gasteiger partial charge on any atom is -0.493 e. The number of hydrogen-bond acceptors (Lipinski definition) is 4. The molecule has 0 unspecified atom stereocenters. The summed E-state index contributed by atoms with van der Waals surface area (Å²) in [5.41, 5.74) is 5.22. The number of ether oxygens (including phenoxy) is 3. The van der Waals surface area contributed by atoms with E-state index in [1.807, 2.05) is 30.3 Å². The largest absolute Gasteiger partial charge is 0.493 e. The van der Waals surface area contributed by atoms with Crippen molar-refractivity contribution in [1.29, 1.82) is 0 Å². The Bertz CT molecular complexity index is 1130. The second kappa shape index (κ2) is 8.23. The summed E-state index contributed by atoms with van der Waals surface area (Å²) >= 11 is 0. The van der Waals surface area contributed by atoms with Gasteiger partial charge in [0.15, 0.2) is 11.5 Å². The first-order valence-electron chi connectivity index (χ1n) is 9.47. The van der Waals surface area contributed by atoms with E-state index in [2.05, 4.69) is 42.5 Å². The highest BCUT2D eigenvalue weighted by Crippen LogP contribution is 2.44. The lowest BCUT2D eigenvalue weighted by Gasteiger charge is -2.17. The lowest BCUT2D eigenvalue weighted by molar-refractivity contribution is 0.327. The fraction of sp³-hybridized carbons (Fsp3) is 0.160. The Labute approximate surface area is 170 Å². The third-order valence-electron chi connectivity index (χ3n) is 5.00. The number of nitrogens with zero attached hydrogens (tertiary/aromatic N) is 1. The average Bonchev–Trinajstić information content (AvgIpc) is 2.78. The van der Waals surface area contributed by atoms with E-state index >= 15 is 0 Å². The second-order valence-corrected chi connectivity index (χ2v) is 6.72. The van der Waals surface area contributed by atoms with Gasteiger partial charge in [-0.25, -0.2) is 0 Å². The Hall–Kier alpha value is -3.53. The lowest BCUT2D eigenvalue weighted by atomic mass is 9.97. The molecule has 29 heavy (non-hydrogen) atoms. The van der Waals surface area contributed by atoms with Gasteiger partial charge in [0.1, 0.15) is 0 Å². The highest BCUT2D eigenvalue weighted by molar-refractivity contribution is 5.94. The van der Waals surface area contributed by atoms with Crippen molar-refractivity contribution in [2.24, 2.45) is 0 Å². The van der Waals surface area contributed by atoms with Crippen LogP contribution in [0, 0.1) is 0 Å². The molecule has 1 heterocycles. The summed E-state index contributed by atoms with van der Waals surface area (Å²) < 4.78 is 16.8. The van der Waals surface area contributed by atoms with Crippen LogP contribution >= 0.6 is 0 Å². The molecule has 0 spiro atoms. The zero-order valence-corrected chi connectivity index (χ0v) is 16.8. The van der Waals surface area contributed by atoms with E-state index < -0.39 is 0 Å². The van der Waals surface area contributed by atoms with Crippen LogP contribution in [-0.4, -0.2) is 26.3 Å². The number of hydrogen-bond donors (Lipinski definition) is 0. The van der Waals surface area contributed by atoms with Crippen molar-refractivity contribution < 1.29 is 14.2 Å². The smallest absolute Gasteiger partial charge is 0.204 e. The molecule has 0 saturated heterocycles. The summed E-state index contributed by atoms with van der Waals surface area (Å²) in [5.74, 6) is 1.79. The molecule has 4 aromatic rings. The number of rotatable bonds is 6. The average molecular weight is 385 g/mol. The Morgan fingerprint density at radius 2 is 1.38 bits per heavy atom. The maximum atomic E-state index is 5.70. The molecule has 0 saturated carbocycles. The van der Waals surface area contributed by atoms with Crippen LogP contribution in [0.2, 0.25) is 0 Å². The van der Waals surface area contributed by atoms with E-state index in [-0.39, 0.29) is 0 Å². The van der Waals surface area contributed by atoms with Crippen LogP contribution in [0.25, 0.3) is 22.0 Å². The molecule has 0 N–H and O–H groups in total. The maximum absolute atomic E-state index is 5.70. The third-order valence-corrected chi connectivity index (χ3v) is 5.00. The van der Waals surface area contributed by atoms with E-state index in [9.17, 15) is 0 Å². The highest BCUT2D eigenvalue weighted by atomic mass is 16.5. The molecular formula is C25H23NO3. The predicted molar refractivity (Wildman–Crippen MR) is 116 cm³/mol. The van der Waals surface area contributed by atoms with Gasteiger partial charge in [-0.15, -0.1) is 0 Å². The van der Waals surface area contributed by atoms with Crippen molar-refractivity contribution in [2.75, 3.05) is 21.3 Å². The van der Waals surface area contributed by atoms with E-state index in [4.69, 9.17) is 19.2 Å². The Balaban J connectivity index is 1.99. The Morgan fingerprint density at radius 3 is 2.00 bits per heavy atom. The summed E-state index contributed by atoms with van der Waals surface area (Å²) in [6.45, 7) is 0. The summed E-state index contributed by atoms with van der Waals surface area (Å²) in [7, 11) is 4.87. The van der Waals surface area contributed by atoms with Gasteiger partial charge in [-0.05, 0) is 17.2 Å². The molecule has 0 bridgehead atoms. The minimum absolute atomic E-state index is 0.569. The summed E-state index contributed by atoms with van der Waals surface area (Å²) in [4.78, 5) is 5.02. The monoisotopic (exact) mass is 385 g/mol. The first kappa shape index (κ1) is 18.8. The number of benzene rings is 3. The van der Waals surface area contributed by atoms with Crippen molar-refractivity contribution >= 4 is 10.9 Å². The van der Waals surface area contributed by atoms with Crippen molar-refractivity contribution in [1.82, 2.24) is 4.98 Å². The van der Waals surface area contributed by atoms with Gasteiger partial charge in [-0.2, -0.15) is 0 Å². The van der Waals surface area contributed by atoms with Gasteiger partial charge in [0.25, 0.3) is 0 Å². The molecule has 0 radical (unpaired) electrons. The predicted octanol–water partition coefficient (Wildman–Crippen LogP) is 5.52. The fourth-order valence-corrected chi connectivity index (χ4v) is 3.62. The second-order valence-electron chi connectivity index (χ2n) is 6.72. The zero-order valence-electron chi connectivity index (χ0n) is 16.8. The molecule has 0 aliphatic carbocycles. The quantitative estimate of drug-likeness (QED) is 0.438. The van der Waals surface area contributed by atoms with Crippen LogP contribution in [0.1, 0.15) is 11.3 Å². The van der Waals surface area contributed by atoms with Gasteiger partial charge >= 0.3 is 0 Å². The molecule has 0 aliphatic heterocycles. The lowest BCUT2D eigenvalue weighted by Crippen LogP contribution is -2.01. The van der Waals surface area contributed by atoms with E-state index in [0.29, 0.717) is 17.2 Å². The van der Waals surface area contributed by atoms with E-state index in [0.717, 1.165) is 34.1 Å². The molecule has 3 aromatic carbocycles. The Morgan fingerprint density at radius 1 is 0.724 bits per heavy atom. The van der Waals surface area contributed by atoms with Crippen molar-refractivity contribution in [3.63, 3.8) is 0 Å². The number of methoxy groups -OCH3 is 3. The molecule has 146 valence electrons. The van der Waals surface area contributed by atoms with E-state index in [1.54, 1.807) is 21.3 Å². The van der Waals surface area contributed by atoms with Crippen molar-refractivity contribution in [3.05, 3.63) is 84.1 Å². The molecular weight excluding hydrogens is 362 g/mol. The number of aromatic nitrogens is 1. The van der Waals surface area contributed by atoms with Crippen LogP contribution in [0.5, 0.6) is 17.2 Å². The van der Waals surface area contributed by atoms with Gasteiger partial charge in [0.05, 0.1) is 32.5 Å². The van der Waals surface area contributed by atoms with Crippen LogP contribution < -0.4 is 14.2 Å². The first-order chi connectivity index (χ1) is 14.2. The first-order valence-corrected chi connectivity index (χ1v) is 9.47.